The minimum Gasteiger partial charge on any atom is -0.446 e. The highest BCUT2D eigenvalue weighted by Gasteiger charge is 2.06. The summed E-state index contributed by atoms with van der Waals surface area (Å²) in [7, 11) is 0. The van der Waals surface area contributed by atoms with Gasteiger partial charge in [-0.2, -0.15) is 11.3 Å². The Morgan fingerprint density at radius 1 is 1.83 bits per heavy atom. The molecule has 1 amide bonds. The summed E-state index contributed by atoms with van der Waals surface area (Å²) in [5.41, 5.74) is 6.04. The highest BCUT2D eigenvalue weighted by atomic mass is 32.1. The van der Waals surface area contributed by atoms with Crippen molar-refractivity contribution in [2.45, 2.75) is 19.4 Å². The molecule has 0 aliphatic carbocycles. The van der Waals surface area contributed by atoms with Gasteiger partial charge in [0.25, 0.3) is 0 Å². The van der Waals surface area contributed by atoms with Crippen LogP contribution in [0.4, 0.5) is 4.79 Å². The molecule has 1 rings (SSSR count). The van der Waals surface area contributed by atoms with Crippen LogP contribution < -0.4 is 5.73 Å². The van der Waals surface area contributed by atoms with Crippen molar-refractivity contribution >= 4 is 17.4 Å². The maximum atomic E-state index is 10.3. The van der Waals surface area contributed by atoms with E-state index in [0.29, 0.717) is 0 Å². The van der Waals surface area contributed by atoms with Gasteiger partial charge in [-0.3, -0.25) is 0 Å². The molecule has 0 radical (unpaired) electrons. The summed E-state index contributed by atoms with van der Waals surface area (Å²) in [6.07, 6.45) is -0.123. The SMILES string of the molecule is C[C@H](Cc1ccsc1)OC(N)=O. The predicted octanol–water partition coefficient (Wildman–Crippen LogP) is 1.77. The van der Waals surface area contributed by atoms with E-state index in [2.05, 4.69) is 0 Å². The van der Waals surface area contributed by atoms with E-state index in [1.807, 2.05) is 23.8 Å². The van der Waals surface area contributed by atoms with Crippen LogP contribution in [-0.2, 0) is 11.2 Å². The Balaban J connectivity index is 2.36. The number of carbonyl (C=O) groups is 1. The third-order valence-electron chi connectivity index (χ3n) is 1.42. The second kappa shape index (κ2) is 4.11. The largest absolute Gasteiger partial charge is 0.446 e. The van der Waals surface area contributed by atoms with Gasteiger partial charge < -0.3 is 10.5 Å². The number of thiophene rings is 1. The van der Waals surface area contributed by atoms with Gasteiger partial charge in [-0.1, -0.05) is 0 Å². The average molecular weight is 185 g/mol. The van der Waals surface area contributed by atoms with E-state index in [-0.39, 0.29) is 6.10 Å². The van der Waals surface area contributed by atoms with E-state index in [1.54, 1.807) is 11.3 Å². The molecule has 1 heterocycles. The Hall–Kier alpha value is -1.03. The number of primary amides is 1. The van der Waals surface area contributed by atoms with Crippen molar-refractivity contribution in [1.29, 1.82) is 0 Å². The molecule has 0 aliphatic rings. The summed E-state index contributed by atoms with van der Waals surface area (Å²) in [6.45, 7) is 1.82. The van der Waals surface area contributed by atoms with Gasteiger partial charge in [0.2, 0.25) is 0 Å². The minimum absolute atomic E-state index is 0.142. The fraction of sp³-hybridized carbons (Fsp3) is 0.375. The van der Waals surface area contributed by atoms with Gasteiger partial charge in [0.05, 0.1) is 0 Å². The van der Waals surface area contributed by atoms with Crippen LogP contribution in [0.5, 0.6) is 0 Å². The molecule has 3 nitrogen and oxygen atoms in total. The molecule has 1 aromatic rings. The maximum Gasteiger partial charge on any atom is 0.404 e. The molecule has 2 N–H and O–H groups in total. The lowest BCUT2D eigenvalue weighted by Crippen LogP contribution is -2.21. The molecule has 1 aromatic heterocycles. The molecule has 4 heteroatoms. The third kappa shape index (κ3) is 2.92. The van der Waals surface area contributed by atoms with Crippen LogP contribution in [-0.4, -0.2) is 12.2 Å². The number of hydrogen-bond acceptors (Lipinski definition) is 3. The summed E-state index contributed by atoms with van der Waals surface area (Å²) >= 11 is 1.63. The van der Waals surface area contributed by atoms with Crippen molar-refractivity contribution in [3.63, 3.8) is 0 Å². The number of carbonyl (C=O) groups excluding carboxylic acids is 1. The van der Waals surface area contributed by atoms with Crippen molar-refractivity contribution in [3.05, 3.63) is 22.4 Å². The quantitative estimate of drug-likeness (QED) is 0.780. The normalized spacial score (nSPS) is 12.4. The third-order valence-corrected chi connectivity index (χ3v) is 2.15. The Morgan fingerprint density at radius 2 is 2.58 bits per heavy atom. The molecule has 66 valence electrons. The van der Waals surface area contributed by atoms with Crippen molar-refractivity contribution in [1.82, 2.24) is 0 Å². The fourth-order valence-corrected chi connectivity index (χ4v) is 1.66. The Labute approximate surface area is 75.1 Å². The lowest BCUT2D eigenvalue weighted by Gasteiger charge is -2.09. The minimum atomic E-state index is -0.710. The van der Waals surface area contributed by atoms with E-state index in [1.165, 1.54) is 5.56 Å². The van der Waals surface area contributed by atoms with Gasteiger partial charge in [0.1, 0.15) is 6.10 Å². The molecule has 0 unspecified atom stereocenters. The highest BCUT2D eigenvalue weighted by molar-refractivity contribution is 7.07. The van der Waals surface area contributed by atoms with Crippen LogP contribution >= 0.6 is 11.3 Å². The van der Waals surface area contributed by atoms with E-state index in [0.717, 1.165) is 6.42 Å². The lowest BCUT2D eigenvalue weighted by molar-refractivity contribution is 0.116. The first kappa shape index (κ1) is 9.06. The summed E-state index contributed by atoms with van der Waals surface area (Å²) in [5, 5.41) is 4.02. The van der Waals surface area contributed by atoms with Gasteiger partial charge in [-0.25, -0.2) is 4.79 Å². The first-order valence-electron chi connectivity index (χ1n) is 3.65. The molecule has 12 heavy (non-hydrogen) atoms. The Morgan fingerprint density at radius 3 is 3.08 bits per heavy atom. The van der Waals surface area contributed by atoms with Crippen LogP contribution in [0.1, 0.15) is 12.5 Å². The summed E-state index contributed by atoms with van der Waals surface area (Å²) in [4.78, 5) is 10.3. The second-order valence-corrected chi connectivity index (χ2v) is 3.36. The molecule has 0 spiro atoms. The second-order valence-electron chi connectivity index (χ2n) is 2.58. The maximum absolute atomic E-state index is 10.3. The van der Waals surface area contributed by atoms with Gasteiger partial charge >= 0.3 is 6.09 Å². The summed E-state index contributed by atoms with van der Waals surface area (Å²) in [6, 6.07) is 2.01. The number of ether oxygens (including phenoxy) is 1. The molecular formula is C8H11NO2S. The zero-order chi connectivity index (χ0) is 8.97. The van der Waals surface area contributed by atoms with Crippen molar-refractivity contribution in [2.24, 2.45) is 5.73 Å². The zero-order valence-electron chi connectivity index (χ0n) is 6.82. The number of nitrogens with two attached hydrogens (primary N) is 1. The van der Waals surface area contributed by atoms with Gasteiger partial charge in [-0.05, 0) is 29.3 Å². The smallest absolute Gasteiger partial charge is 0.404 e. The van der Waals surface area contributed by atoms with Gasteiger partial charge in [0.15, 0.2) is 0 Å². The van der Waals surface area contributed by atoms with Gasteiger partial charge in [0, 0.05) is 6.42 Å². The van der Waals surface area contributed by atoms with Crippen LogP contribution in [0.15, 0.2) is 16.8 Å². The molecule has 1 atom stereocenters. The molecule has 0 saturated carbocycles. The molecule has 0 aromatic carbocycles. The zero-order valence-corrected chi connectivity index (χ0v) is 7.64. The first-order chi connectivity index (χ1) is 5.68. The standard InChI is InChI=1S/C8H11NO2S/c1-6(11-8(9)10)4-7-2-3-12-5-7/h2-3,5-6H,4H2,1H3,(H2,9,10)/t6-/m1/s1. The lowest BCUT2D eigenvalue weighted by atomic mass is 10.2. The number of hydrogen-bond donors (Lipinski definition) is 1. The van der Waals surface area contributed by atoms with E-state index >= 15 is 0 Å². The first-order valence-corrected chi connectivity index (χ1v) is 4.60. The van der Waals surface area contributed by atoms with Crippen LogP contribution in [0.25, 0.3) is 0 Å². The van der Waals surface area contributed by atoms with Crippen LogP contribution in [0.2, 0.25) is 0 Å². The molecule has 0 aliphatic heterocycles. The topological polar surface area (TPSA) is 52.3 Å². The van der Waals surface area contributed by atoms with Crippen molar-refractivity contribution < 1.29 is 9.53 Å². The fourth-order valence-electron chi connectivity index (χ4n) is 0.981. The number of rotatable bonds is 3. The monoisotopic (exact) mass is 185 g/mol. The molecule has 0 bridgehead atoms. The van der Waals surface area contributed by atoms with Gasteiger partial charge in [-0.15, -0.1) is 0 Å². The van der Waals surface area contributed by atoms with E-state index in [4.69, 9.17) is 10.5 Å². The predicted molar refractivity (Wildman–Crippen MR) is 48.2 cm³/mol. The summed E-state index contributed by atoms with van der Waals surface area (Å²) in [5.74, 6) is 0. The molecule has 0 saturated heterocycles. The highest BCUT2D eigenvalue weighted by Crippen LogP contribution is 2.09. The molecular weight excluding hydrogens is 174 g/mol. The van der Waals surface area contributed by atoms with E-state index in [9.17, 15) is 4.79 Å². The number of amides is 1. The Kier molecular flexibility index (Phi) is 3.10. The van der Waals surface area contributed by atoms with Crippen LogP contribution in [0.3, 0.4) is 0 Å². The summed E-state index contributed by atoms with van der Waals surface area (Å²) < 4.78 is 4.77. The van der Waals surface area contributed by atoms with Crippen molar-refractivity contribution in [3.8, 4) is 0 Å². The van der Waals surface area contributed by atoms with Crippen LogP contribution in [0, 0.1) is 0 Å². The van der Waals surface area contributed by atoms with E-state index < -0.39 is 6.09 Å². The van der Waals surface area contributed by atoms with Crippen molar-refractivity contribution in [2.75, 3.05) is 0 Å². The Bertz CT molecular complexity index is 246. The molecule has 0 fully saturated rings. The average Bonchev–Trinajstić information content (AvgIpc) is 2.37.